The smallest absolute Gasteiger partial charge is 0.247 e. The van der Waals surface area contributed by atoms with E-state index in [0.29, 0.717) is 0 Å². The summed E-state index contributed by atoms with van der Waals surface area (Å²) in [5, 5.41) is -0.435. The van der Waals surface area contributed by atoms with Crippen molar-refractivity contribution in [1.29, 1.82) is 0 Å². The van der Waals surface area contributed by atoms with E-state index < -0.39 is 5.24 Å². The lowest BCUT2D eigenvalue weighted by Gasteiger charge is -2.06. The quantitative estimate of drug-likeness (QED) is 0.569. The molecule has 0 saturated heterocycles. The van der Waals surface area contributed by atoms with Crippen molar-refractivity contribution in [1.82, 2.24) is 0 Å². The van der Waals surface area contributed by atoms with E-state index in [4.69, 9.17) is 16.3 Å². The number of rotatable bonds is 4. The summed E-state index contributed by atoms with van der Waals surface area (Å²) >= 11 is 5.01. The first-order chi connectivity index (χ1) is 4.16. The summed E-state index contributed by atoms with van der Waals surface area (Å²) in [5.41, 5.74) is 0. The first-order valence-corrected chi connectivity index (χ1v) is 3.34. The molecule has 0 radical (unpaired) electrons. The Bertz CT molecular complexity index is 93.1. The Balaban J connectivity index is 3.16. The zero-order valence-corrected chi connectivity index (χ0v) is 6.44. The Labute approximate surface area is 60.1 Å². The van der Waals surface area contributed by atoms with Crippen LogP contribution in [-0.4, -0.2) is 18.0 Å². The highest BCUT2D eigenvalue weighted by atomic mass is 35.5. The normalized spacial score (nSPS) is 13.2. The Kier molecular flexibility index (Phi) is 4.72. The highest BCUT2D eigenvalue weighted by Crippen LogP contribution is 1.95. The van der Waals surface area contributed by atoms with Gasteiger partial charge in [0.2, 0.25) is 5.24 Å². The van der Waals surface area contributed by atoms with E-state index in [0.717, 1.165) is 6.42 Å². The minimum atomic E-state index is -0.435. The first kappa shape index (κ1) is 8.92. The van der Waals surface area contributed by atoms with Crippen molar-refractivity contribution in [3.63, 3.8) is 0 Å². The van der Waals surface area contributed by atoms with Gasteiger partial charge in [0.05, 0.1) is 6.10 Å². The molecule has 9 heavy (non-hydrogen) atoms. The van der Waals surface area contributed by atoms with Gasteiger partial charge in [-0.25, -0.2) is 0 Å². The molecule has 54 valence electrons. The molecule has 3 heteroatoms. The molecule has 0 aliphatic carbocycles. The maximum Gasteiger partial charge on any atom is 0.247 e. The van der Waals surface area contributed by atoms with Crippen LogP contribution in [0.1, 0.15) is 20.3 Å². The molecule has 0 aromatic carbocycles. The number of ether oxygens (including phenoxy) is 1. The van der Waals surface area contributed by atoms with Crippen molar-refractivity contribution in [3.05, 3.63) is 0 Å². The van der Waals surface area contributed by atoms with Crippen LogP contribution in [0.3, 0.4) is 0 Å². The fourth-order valence-electron chi connectivity index (χ4n) is 0.326. The van der Waals surface area contributed by atoms with E-state index in [1.807, 2.05) is 13.8 Å². The maximum absolute atomic E-state index is 10.1. The summed E-state index contributed by atoms with van der Waals surface area (Å²) in [5.74, 6) is 0. The summed E-state index contributed by atoms with van der Waals surface area (Å²) in [4.78, 5) is 10.1. The molecule has 1 atom stereocenters. The summed E-state index contributed by atoms with van der Waals surface area (Å²) in [6.07, 6.45) is 1.04. The van der Waals surface area contributed by atoms with Crippen LogP contribution in [0.15, 0.2) is 0 Å². The molecule has 1 unspecified atom stereocenters. The van der Waals surface area contributed by atoms with Crippen LogP contribution in [0.4, 0.5) is 0 Å². The van der Waals surface area contributed by atoms with Gasteiger partial charge >= 0.3 is 0 Å². The molecule has 0 saturated carbocycles. The number of halogens is 1. The Morgan fingerprint density at radius 2 is 2.33 bits per heavy atom. The maximum atomic E-state index is 10.1. The van der Waals surface area contributed by atoms with Crippen molar-refractivity contribution in [2.75, 3.05) is 6.61 Å². The summed E-state index contributed by atoms with van der Waals surface area (Å²) in [7, 11) is 0. The minimum Gasteiger partial charge on any atom is -0.369 e. The van der Waals surface area contributed by atoms with Crippen LogP contribution in [0, 0.1) is 0 Å². The zero-order valence-electron chi connectivity index (χ0n) is 5.69. The molecule has 0 spiro atoms. The molecule has 0 heterocycles. The monoisotopic (exact) mass is 150 g/mol. The average molecular weight is 151 g/mol. The second-order valence-electron chi connectivity index (χ2n) is 1.88. The molecule has 0 aromatic rings. The lowest BCUT2D eigenvalue weighted by molar-refractivity contribution is -0.117. The number of carbonyl (C=O) groups is 1. The summed E-state index contributed by atoms with van der Waals surface area (Å²) in [6.45, 7) is 3.92. The highest BCUT2D eigenvalue weighted by Gasteiger charge is 2.00. The van der Waals surface area contributed by atoms with Gasteiger partial charge in [0, 0.05) is 0 Å². The van der Waals surface area contributed by atoms with Crippen LogP contribution in [0.5, 0.6) is 0 Å². The van der Waals surface area contributed by atoms with Crippen molar-refractivity contribution in [2.45, 2.75) is 26.4 Å². The van der Waals surface area contributed by atoms with Crippen LogP contribution < -0.4 is 0 Å². The van der Waals surface area contributed by atoms with Crippen LogP contribution >= 0.6 is 11.6 Å². The molecular formula is C6H11ClO2. The Morgan fingerprint density at radius 3 is 2.67 bits per heavy atom. The Morgan fingerprint density at radius 1 is 1.78 bits per heavy atom. The van der Waals surface area contributed by atoms with E-state index in [9.17, 15) is 4.79 Å². The molecule has 0 rings (SSSR count). The lowest BCUT2D eigenvalue weighted by Crippen LogP contribution is -2.10. The van der Waals surface area contributed by atoms with E-state index in [1.165, 1.54) is 0 Å². The van der Waals surface area contributed by atoms with Gasteiger partial charge in [-0.05, 0) is 24.9 Å². The fraction of sp³-hybridized carbons (Fsp3) is 0.833. The third kappa shape index (κ3) is 5.80. The second kappa shape index (κ2) is 4.77. The largest absolute Gasteiger partial charge is 0.369 e. The predicted octanol–water partition coefficient (Wildman–Crippen LogP) is 1.57. The van der Waals surface area contributed by atoms with Gasteiger partial charge in [0.1, 0.15) is 6.61 Å². The first-order valence-electron chi connectivity index (χ1n) is 2.96. The van der Waals surface area contributed by atoms with Crippen molar-refractivity contribution in [2.24, 2.45) is 0 Å². The van der Waals surface area contributed by atoms with Crippen LogP contribution in [-0.2, 0) is 9.53 Å². The molecule has 0 amide bonds. The zero-order chi connectivity index (χ0) is 7.28. The number of hydrogen-bond acceptors (Lipinski definition) is 2. The molecule has 0 aliphatic heterocycles. The van der Waals surface area contributed by atoms with Gasteiger partial charge in [0.25, 0.3) is 0 Å². The topological polar surface area (TPSA) is 26.3 Å². The lowest BCUT2D eigenvalue weighted by atomic mass is 10.3. The van der Waals surface area contributed by atoms with E-state index in [1.54, 1.807) is 0 Å². The molecule has 0 fully saturated rings. The van der Waals surface area contributed by atoms with E-state index in [-0.39, 0.29) is 12.7 Å². The predicted molar refractivity (Wildman–Crippen MR) is 36.6 cm³/mol. The molecule has 0 aromatic heterocycles. The molecular weight excluding hydrogens is 140 g/mol. The molecule has 0 aliphatic rings. The van der Waals surface area contributed by atoms with Crippen molar-refractivity contribution >= 4 is 16.8 Å². The fourth-order valence-corrected chi connectivity index (χ4v) is 0.389. The minimum absolute atomic E-state index is 0.0244. The van der Waals surface area contributed by atoms with Gasteiger partial charge in [-0.1, -0.05) is 6.92 Å². The van der Waals surface area contributed by atoms with E-state index >= 15 is 0 Å². The van der Waals surface area contributed by atoms with Gasteiger partial charge < -0.3 is 4.74 Å². The van der Waals surface area contributed by atoms with Gasteiger partial charge in [0.15, 0.2) is 0 Å². The second-order valence-corrected chi connectivity index (χ2v) is 2.31. The van der Waals surface area contributed by atoms with Crippen molar-refractivity contribution in [3.8, 4) is 0 Å². The standard InChI is InChI=1S/C6H11ClO2/c1-3-5(2)9-4-6(7)8/h5H,3-4H2,1-2H3. The van der Waals surface area contributed by atoms with Gasteiger partial charge in [-0.15, -0.1) is 0 Å². The summed E-state index contributed by atoms with van der Waals surface area (Å²) in [6, 6.07) is 0. The number of carbonyl (C=O) groups excluding carboxylic acids is 1. The number of hydrogen-bond donors (Lipinski definition) is 0. The van der Waals surface area contributed by atoms with Crippen LogP contribution in [0.2, 0.25) is 0 Å². The Hall–Kier alpha value is -0.0800. The SMILES string of the molecule is CCC(C)OCC(=O)Cl. The van der Waals surface area contributed by atoms with Crippen LogP contribution in [0.25, 0.3) is 0 Å². The van der Waals surface area contributed by atoms with Gasteiger partial charge in [-0.2, -0.15) is 0 Å². The van der Waals surface area contributed by atoms with Crippen molar-refractivity contribution < 1.29 is 9.53 Å². The third-order valence-corrected chi connectivity index (χ3v) is 1.17. The highest BCUT2D eigenvalue weighted by molar-refractivity contribution is 6.63. The third-order valence-electron chi connectivity index (χ3n) is 1.06. The van der Waals surface area contributed by atoms with Gasteiger partial charge in [-0.3, -0.25) is 4.79 Å². The molecule has 0 N–H and O–H groups in total. The average Bonchev–Trinajstić information content (AvgIpc) is 1.83. The van der Waals surface area contributed by atoms with E-state index in [2.05, 4.69) is 0 Å². The summed E-state index contributed by atoms with van der Waals surface area (Å²) < 4.78 is 4.97. The molecule has 0 bridgehead atoms. The molecule has 2 nitrogen and oxygen atoms in total.